The van der Waals surface area contributed by atoms with Crippen molar-refractivity contribution in [2.45, 2.75) is 65.5 Å². The number of anilines is 1. The lowest BCUT2D eigenvalue weighted by Gasteiger charge is -2.32. The number of rotatable bonds is 11. The molecule has 1 aliphatic rings. The molecule has 1 unspecified atom stereocenters. The first-order chi connectivity index (χ1) is 17.0. The van der Waals surface area contributed by atoms with E-state index in [2.05, 4.69) is 54.5 Å². The number of ether oxygens (including phenoxy) is 1. The molecule has 1 saturated heterocycles. The van der Waals surface area contributed by atoms with E-state index in [-0.39, 0.29) is 18.5 Å². The SMILES string of the molecule is CCc1cccc(C)c1N(C(=O)Cn1c(CCCN2CCCC2)nc2ccccc21)C(C)COC. The van der Waals surface area contributed by atoms with Crippen LogP contribution in [0.15, 0.2) is 42.5 Å². The van der Waals surface area contributed by atoms with Gasteiger partial charge < -0.3 is 19.1 Å². The van der Waals surface area contributed by atoms with Gasteiger partial charge in [0.1, 0.15) is 12.4 Å². The van der Waals surface area contributed by atoms with Crippen LogP contribution in [0.5, 0.6) is 0 Å². The molecule has 1 amide bonds. The van der Waals surface area contributed by atoms with Gasteiger partial charge in [-0.3, -0.25) is 4.79 Å². The maximum Gasteiger partial charge on any atom is 0.247 e. The van der Waals surface area contributed by atoms with Gasteiger partial charge >= 0.3 is 0 Å². The number of benzene rings is 2. The van der Waals surface area contributed by atoms with Crippen LogP contribution in [0, 0.1) is 6.92 Å². The van der Waals surface area contributed by atoms with E-state index in [4.69, 9.17) is 9.72 Å². The fourth-order valence-corrected chi connectivity index (χ4v) is 5.43. The second-order valence-corrected chi connectivity index (χ2v) is 9.76. The molecule has 2 aromatic carbocycles. The summed E-state index contributed by atoms with van der Waals surface area (Å²) in [5, 5.41) is 0. The number of methoxy groups -OCH3 is 1. The van der Waals surface area contributed by atoms with E-state index in [0.29, 0.717) is 6.61 Å². The van der Waals surface area contributed by atoms with Crippen molar-refractivity contribution >= 4 is 22.6 Å². The first-order valence-electron chi connectivity index (χ1n) is 13.1. The molecule has 0 N–H and O–H groups in total. The number of hydrogen-bond acceptors (Lipinski definition) is 4. The van der Waals surface area contributed by atoms with Crippen molar-refractivity contribution in [2.24, 2.45) is 0 Å². The van der Waals surface area contributed by atoms with Crippen LogP contribution in [0.25, 0.3) is 11.0 Å². The van der Waals surface area contributed by atoms with Gasteiger partial charge in [-0.15, -0.1) is 0 Å². The van der Waals surface area contributed by atoms with Crippen molar-refractivity contribution in [3.63, 3.8) is 0 Å². The Morgan fingerprint density at radius 2 is 1.91 bits per heavy atom. The molecule has 0 spiro atoms. The number of fused-ring (bicyclic) bond motifs is 1. The summed E-state index contributed by atoms with van der Waals surface area (Å²) in [4.78, 5) is 23.5. The summed E-state index contributed by atoms with van der Waals surface area (Å²) in [5.41, 5.74) is 5.30. The first-order valence-corrected chi connectivity index (χ1v) is 13.1. The maximum atomic E-state index is 14.0. The molecule has 35 heavy (non-hydrogen) atoms. The van der Waals surface area contributed by atoms with Crippen LogP contribution in [0.3, 0.4) is 0 Å². The largest absolute Gasteiger partial charge is 0.383 e. The number of nitrogens with zero attached hydrogens (tertiary/aromatic N) is 4. The molecule has 0 bridgehead atoms. The number of aromatic nitrogens is 2. The zero-order valence-electron chi connectivity index (χ0n) is 21.8. The highest BCUT2D eigenvalue weighted by atomic mass is 16.5. The van der Waals surface area contributed by atoms with Crippen molar-refractivity contribution in [3.8, 4) is 0 Å². The van der Waals surface area contributed by atoms with E-state index in [9.17, 15) is 4.79 Å². The standard InChI is InChI=1S/C29H40N4O2/c1-5-24-13-10-12-22(2)29(24)33(23(3)21-35-4)28(34)20-32-26-15-7-6-14-25(26)30-27(32)16-11-19-31-17-8-9-18-31/h6-7,10,12-15,23H,5,8-9,11,16-21H2,1-4H3. The van der Waals surface area contributed by atoms with Crippen LogP contribution in [0.1, 0.15) is 50.1 Å². The Kier molecular flexibility index (Phi) is 8.58. The van der Waals surface area contributed by atoms with Gasteiger partial charge in [0.05, 0.1) is 29.4 Å². The van der Waals surface area contributed by atoms with Crippen molar-refractivity contribution < 1.29 is 9.53 Å². The van der Waals surface area contributed by atoms with E-state index in [0.717, 1.165) is 53.9 Å². The minimum absolute atomic E-state index is 0.0718. The number of carbonyl (C=O) groups is 1. The molecule has 188 valence electrons. The van der Waals surface area contributed by atoms with Crippen LogP contribution >= 0.6 is 0 Å². The summed E-state index contributed by atoms with van der Waals surface area (Å²) in [7, 11) is 1.69. The van der Waals surface area contributed by atoms with Crippen LogP contribution < -0.4 is 4.90 Å². The fraction of sp³-hybridized carbons (Fsp3) is 0.517. The number of imidazole rings is 1. The molecule has 6 nitrogen and oxygen atoms in total. The second-order valence-electron chi connectivity index (χ2n) is 9.76. The number of hydrogen-bond donors (Lipinski definition) is 0. The summed E-state index contributed by atoms with van der Waals surface area (Å²) in [6.07, 6.45) is 5.41. The molecule has 4 rings (SSSR count). The highest BCUT2D eigenvalue weighted by molar-refractivity contribution is 5.96. The van der Waals surface area contributed by atoms with Crippen LogP contribution in [-0.4, -0.2) is 59.8 Å². The average Bonchev–Trinajstić information content (AvgIpc) is 3.49. The number of carbonyl (C=O) groups excluding carboxylic acids is 1. The van der Waals surface area contributed by atoms with Gasteiger partial charge in [-0.25, -0.2) is 4.98 Å². The molecular formula is C29H40N4O2. The Morgan fingerprint density at radius 1 is 1.14 bits per heavy atom. The summed E-state index contributed by atoms with van der Waals surface area (Å²) in [6, 6.07) is 14.4. The van der Waals surface area contributed by atoms with Crippen molar-refractivity contribution in [1.29, 1.82) is 0 Å². The first kappa shape index (κ1) is 25.4. The van der Waals surface area contributed by atoms with Crippen molar-refractivity contribution in [3.05, 3.63) is 59.4 Å². The quantitative estimate of drug-likeness (QED) is 0.391. The molecule has 1 aromatic heterocycles. The minimum Gasteiger partial charge on any atom is -0.383 e. The molecule has 1 atom stereocenters. The molecule has 3 aromatic rings. The Labute approximate surface area is 209 Å². The maximum absolute atomic E-state index is 14.0. The van der Waals surface area contributed by atoms with Gasteiger partial charge in [-0.2, -0.15) is 0 Å². The van der Waals surface area contributed by atoms with E-state index >= 15 is 0 Å². The van der Waals surface area contributed by atoms with Crippen molar-refractivity contribution in [2.75, 3.05) is 38.3 Å². The van der Waals surface area contributed by atoms with E-state index < -0.39 is 0 Å². The topological polar surface area (TPSA) is 50.6 Å². The average molecular weight is 477 g/mol. The summed E-state index contributed by atoms with van der Waals surface area (Å²) in [6.45, 7) is 10.6. The molecule has 2 heterocycles. The highest BCUT2D eigenvalue weighted by Crippen LogP contribution is 2.29. The molecular weight excluding hydrogens is 436 g/mol. The Morgan fingerprint density at radius 3 is 2.66 bits per heavy atom. The third kappa shape index (κ3) is 5.76. The monoisotopic (exact) mass is 476 g/mol. The zero-order chi connectivity index (χ0) is 24.8. The highest BCUT2D eigenvalue weighted by Gasteiger charge is 2.27. The number of para-hydroxylation sites is 3. The normalized spacial score (nSPS) is 15.1. The summed E-state index contributed by atoms with van der Waals surface area (Å²) < 4.78 is 7.62. The minimum atomic E-state index is -0.0766. The Bertz CT molecular complexity index is 1130. The second kappa shape index (κ2) is 11.8. The van der Waals surface area contributed by atoms with Gasteiger partial charge in [-0.05, 0) is 82.4 Å². The molecule has 0 saturated carbocycles. The third-order valence-corrected chi connectivity index (χ3v) is 7.16. The Balaban J connectivity index is 1.64. The van der Waals surface area contributed by atoms with Crippen LogP contribution in [0.2, 0.25) is 0 Å². The van der Waals surface area contributed by atoms with Crippen molar-refractivity contribution in [1.82, 2.24) is 14.5 Å². The summed E-state index contributed by atoms with van der Waals surface area (Å²) >= 11 is 0. The van der Waals surface area contributed by atoms with Crippen LogP contribution in [-0.2, 0) is 28.9 Å². The summed E-state index contributed by atoms with van der Waals surface area (Å²) in [5.74, 6) is 1.07. The molecule has 1 aliphatic heterocycles. The zero-order valence-corrected chi connectivity index (χ0v) is 21.8. The predicted molar refractivity (Wildman–Crippen MR) is 143 cm³/mol. The van der Waals surface area contributed by atoms with Gasteiger partial charge in [0, 0.05) is 13.5 Å². The molecule has 1 fully saturated rings. The lowest BCUT2D eigenvalue weighted by atomic mass is 10.0. The molecule has 0 radical (unpaired) electrons. The number of likely N-dealkylation sites (tertiary alicyclic amines) is 1. The number of aryl methyl sites for hydroxylation is 3. The fourth-order valence-electron chi connectivity index (χ4n) is 5.43. The van der Waals surface area contributed by atoms with Gasteiger partial charge in [0.15, 0.2) is 0 Å². The van der Waals surface area contributed by atoms with Gasteiger partial charge in [0.25, 0.3) is 0 Å². The lowest BCUT2D eigenvalue weighted by Crippen LogP contribution is -2.44. The Hall–Kier alpha value is -2.70. The molecule has 0 aliphatic carbocycles. The third-order valence-electron chi connectivity index (χ3n) is 7.16. The van der Waals surface area contributed by atoms with Gasteiger partial charge in [0.2, 0.25) is 5.91 Å². The smallest absolute Gasteiger partial charge is 0.247 e. The lowest BCUT2D eigenvalue weighted by molar-refractivity contribution is -0.119. The van der Waals surface area contributed by atoms with Gasteiger partial charge in [-0.1, -0.05) is 37.3 Å². The number of amides is 1. The van der Waals surface area contributed by atoms with E-state index in [1.807, 2.05) is 23.1 Å². The van der Waals surface area contributed by atoms with E-state index in [1.54, 1.807) is 7.11 Å². The van der Waals surface area contributed by atoms with Crippen LogP contribution in [0.4, 0.5) is 5.69 Å². The van der Waals surface area contributed by atoms with E-state index in [1.165, 1.54) is 31.5 Å². The molecule has 6 heteroatoms. The predicted octanol–water partition coefficient (Wildman–Crippen LogP) is 5.00.